The molecule has 4 atom stereocenters. The maximum absolute atomic E-state index is 12.7. The molecule has 1 aliphatic heterocycles. The molecule has 0 aromatic heterocycles. The lowest BCUT2D eigenvalue weighted by Crippen LogP contribution is -2.67. The predicted molar refractivity (Wildman–Crippen MR) is 82.4 cm³/mol. The van der Waals surface area contributed by atoms with E-state index in [0.717, 1.165) is 0 Å². The summed E-state index contributed by atoms with van der Waals surface area (Å²) >= 11 is 0. The Balaban J connectivity index is 2.16. The molecule has 2 rings (SSSR count). The third-order valence-corrected chi connectivity index (χ3v) is 4.74. The molecule has 1 saturated carbocycles. The number of Topliss-reactive ketones (excluding diaryl/α,β-unsaturated/α-hetero) is 1. The molecule has 0 radical (unpaired) electrons. The van der Waals surface area contributed by atoms with Crippen LogP contribution in [0.1, 0.15) is 47.0 Å². The second kappa shape index (κ2) is 5.78. The molecule has 130 valence electrons. The molecule has 1 heterocycles. The number of hydrogen-bond donors (Lipinski definition) is 2. The number of aliphatic hydroxyl groups excluding tert-OH is 1. The number of ketones is 1. The van der Waals surface area contributed by atoms with Crippen molar-refractivity contribution in [2.75, 3.05) is 6.54 Å². The van der Waals surface area contributed by atoms with Crippen molar-refractivity contribution < 1.29 is 24.2 Å². The van der Waals surface area contributed by atoms with Crippen LogP contribution in [-0.2, 0) is 14.3 Å². The fourth-order valence-corrected chi connectivity index (χ4v) is 3.76. The van der Waals surface area contributed by atoms with Gasteiger partial charge in [0, 0.05) is 12.5 Å². The van der Waals surface area contributed by atoms with Gasteiger partial charge >= 0.3 is 6.09 Å². The summed E-state index contributed by atoms with van der Waals surface area (Å²) in [6.45, 7) is 7.23. The van der Waals surface area contributed by atoms with Crippen molar-refractivity contribution in [1.29, 1.82) is 0 Å². The number of ether oxygens (including phenoxy) is 1. The number of likely N-dealkylation sites (tertiary alicyclic amines) is 1. The third-order valence-electron chi connectivity index (χ3n) is 4.74. The van der Waals surface area contributed by atoms with E-state index in [9.17, 15) is 19.5 Å². The highest BCUT2D eigenvalue weighted by Crippen LogP contribution is 2.49. The molecule has 7 nitrogen and oxygen atoms in total. The molecule has 0 bridgehead atoms. The summed E-state index contributed by atoms with van der Waals surface area (Å²) < 4.78 is 5.39. The summed E-state index contributed by atoms with van der Waals surface area (Å²) in [5.74, 6) is -2.41. The summed E-state index contributed by atoms with van der Waals surface area (Å²) in [5.41, 5.74) is 3.79. The van der Waals surface area contributed by atoms with Gasteiger partial charge in [-0.05, 0) is 47.0 Å². The van der Waals surface area contributed by atoms with Crippen molar-refractivity contribution in [1.82, 2.24) is 4.90 Å². The second-order valence-electron chi connectivity index (χ2n) is 7.61. The van der Waals surface area contributed by atoms with E-state index < -0.39 is 41.1 Å². The van der Waals surface area contributed by atoms with Gasteiger partial charge in [0.1, 0.15) is 11.1 Å². The van der Waals surface area contributed by atoms with Gasteiger partial charge in [-0.2, -0.15) is 0 Å². The molecular weight excluding hydrogens is 300 g/mol. The summed E-state index contributed by atoms with van der Waals surface area (Å²) in [6.07, 6.45) is 0.133. The molecular formula is C16H26N2O5. The molecule has 1 spiro atoms. The average molecular weight is 326 g/mol. The molecule has 2 unspecified atom stereocenters. The van der Waals surface area contributed by atoms with Gasteiger partial charge in [-0.25, -0.2) is 4.79 Å². The quantitative estimate of drug-likeness (QED) is 0.798. The van der Waals surface area contributed by atoms with E-state index in [1.807, 2.05) is 0 Å². The van der Waals surface area contributed by atoms with Gasteiger partial charge in [0.05, 0.1) is 12.0 Å². The third kappa shape index (κ3) is 3.06. The summed E-state index contributed by atoms with van der Waals surface area (Å²) in [7, 11) is 0. The van der Waals surface area contributed by atoms with Crippen LogP contribution in [-0.4, -0.2) is 51.6 Å². The fraction of sp³-hybridized carbons (Fsp3) is 0.812. The minimum absolute atomic E-state index is 0.189. The molecule has 7 heteroatoms. The van der Waals surface area contributed by atoms with Gasteiger partial charge in [0.15, 0.2) is 5.78 Å². The van der Waals surface area contributed by atoms with Crippen LogP contribution in [0, 0.1) is 11.8 Å². The molecule has 3 N–H and O–H groups in total. The number of primary amides is 1. The first-order chi connectivity index (χ1) is 10.5. The van der Waals surface area contributed by atoms with Gasteiger partial charge in [-0.1, -0.05) is 0 Å². The molecule has 1 saturated heterocycles. The van der Waals surface area contributed by atoms with E-state index in [1.54, 1.807) is 20.8 Å². The Hall–Kier alpha value is -1.63. The Labute approximate surface area is 136 Å². The number of carbonyl (C=O) groups is 3. The van der Waals surface area contributed by atoms with Crippen molar-refractivity contribution in [3.63, 3.8) is 0 Å². The average Bonchev–Trinajstić information content (AvgIpc) is 2.81. The van der Waals surface area contributed by atoms with Crippen LogP contribution in [0.2, 0.25) is 0 Å². The SMILES string of the molecule is C[C@@H](O)[C@@H](C(N)=O)C1CC2(CCCN2C(=O)OC(C)(C)C)C1=O. The Morgan fingerprint density at radius 3 is 2.48 bits per heavy atom. The zero-order valence-electron chi connectivity index (χ0n) is 14.2. The first-order valence-electron chi connectivity index (χ1n) is 8.02. The minimum Gasteiger partial charge on any atom is -0.444 e. The van der Waals surface area contributed by atoms with Crippen LogP contribution in [0.5, 0.6) is 0 Å². The molecule has 2 amide bonds. The minimum atomic E-state index is -0.991. The summed E-state index contributed by atoms with van der Waals surface area (Å²) in [4.78, 5) is 38.1. The molecule has 2 aliphatic rings. The molecule has 0 aromatic carbocycles. The standard InChI is InChI=1S/C16H26N2O5/c1-9(19)11(13(17)21)10-8-16(12(10)20)6-5-7-18(16)14(22)23-15(2,3)4/h9-11,19H,5-8H2,1-4H3,(H2,17,21)/t9-,10?,11-,16?/m1/s1. The second-order valence-corrected chi connectivity index (χ2v) is 7.61. The smallest absolute Gasteiger partial charge is 0.411 e. The first-order valence-corrected chi connectivity index (χ1v) is 8.02. The van der Waals surface area contributed by atoms with E-state index >= 15 is 0 Å². The van der Waals surface area contributed by atoms with Gasteiger partial charge in [-0.3, -0.25) is 14.5 Å². The highest BCUT2D eigenvalue weighted by atomic mass is 16.6. The first kappa shape index (κ1) is 17.7. The van der Waals surface area contributed by atoms with Crippen molar-refractivity contribution in [3.05, 3.63) is 0 Å². The maximum Gasteiger partial charge on any atom is 0.411 e. The van der Waals surface area contributed by atoms with Crippen molar-refractivity contribution in [3.8, 4) is 0 Å². The lowest BCUT2D eigenvalue weighted by atomic mass is 9.60. The van der Waals surface area contributed by atoms with E-state index in [4.69, 9.17) is 10.5 Å². The van der Waals surface area contributed by atoms with Crippen molar-refractivity contribution in [2.24, 2.45) is 17.6 Å². The predicted octanol–water partition coefficient (Wildman–Crippen LogP) is 0.827. The largest absolute Gasteiger partial charge is 0.444 e. The molecule has 23 heavy (non-hydrogen) atoms. The number of nitrogens with zero attached hydrogens (tertiary/aromatic N) is 1. The number of rotatable bonds is 3. The van der Waals surface area contributed by atoms with E-state index in [0.29, 0.717) is 25.8 Å². The highest BCUT2D eigenvalue weighted by Gasteiger charge is 2.63. The highest BCUT2D eigenvalue weighted by molar-refractivity contribution is 6.02. The summed E-state index contributed by atoms with van der Waals surface area (Å²) in [5, 5.41) is 9.74. The fourth-order valence-electron chi connectivity index (χ4n) is 3.76. The normalized spacial score (nSPS) is 30.0. The zero-order chi connectivity index (χ0) is 17.6. The van der Waals surface area contributed by atoms with Gasteiger partial charge in [-0.15, -0.1) is 0 Å². The molecule has 1 aliphatic carbocycles. The Morgan fingerprint density at radius 2 is 2.04 bits per heavy atom. The lowest BCUT2D eigenvalue weighted by Gasteiger charge is -2.50. The van der Waals surface area contributed by atoms with Crippen LogP contribution in [0.15, 0.2) is 0 Å². The van der Waals surface area contributed by atoms with Crippen molar-refractivity contribution >= 4 is 17.8 Å². The lowest BCUT2D eigenvalue weighted by molar-refractivity contribution is -0.157. The Morgan fingerprint density at radius 1 is 1.43 bits per heavy atom. The van der Waals surface area contributed by atoms with Gasteiger partial charge < -0.3 is 15.6 Å². The van der Waals surface area contributed by atoms with Gasteiger partial charge in [0.25, 0.3) is 0 Å². The molecule has 2 fully saturated rings. The van der Waals surface area contributed by atoms with Crippen molar-refractivity contribution in [2.45, 2.75) is 64.2 Å². The van der Waals surface area contributed by atoms with Crippen LogP contribution in [0.4, 0.5) is 4.79 Å². The number of carbonyl (C=O) groups excluding carboxylic acids is 3. The maximum atomic E-state index is 12.7. The van der Waals surface area contributed by atoms with E-state index in [2.05, 4.69) is 0 Å². The van der Waals surface area contributed by atoms with Crippen LogP contribution >= 0.6 is 0 Å². The van der Waals surface area contributed by atoms with Crippen LogP contribution in [0.25, 0.3) is 0 Å². The number of amides is 2. The topological polar surface area (TPSA) is 110 Å². The number of nitrogens with two attached hydrogens (primary N) is 1. The van der Waals surface area contributed by atoms with Crippen LogP contribution < -0.4 is 5.73 Å². The summed E-state index contributed by atoms with van der Waals surface area (Å²) in [6, 6.07) is 0. The molecule has 0 aromatic rings. The van der Waals surface area contributed by atoms with E-state index in [-0.39, 0.29) is 5.78 Å². The Kier molecular flexibility index (Phi) is 4.45. The number of hydrogen-bond acceptors (Lipinski definition) is 5. The monoisotopic (exact) mass is 326 g/mol. The van der Waals surface area contributed by atoms with E-state index in [1.165, 1.54) is 11.8 Å². The van der Waals surface area contributed by atoms with Gasteiger partial charge in [0.2, 0.25) is 5.91 Å². The van der Waals surface area contributed by atoms with Crippen LogP contribution in [0.3, 0.4) is 0 Å². The number of aliphatic hydroxyl groups is 1. The zero-order valence-corrected chi connectivity index (χ0v) is 14.2. The Bertz CT molecular complexity index is 525.